The van der Waals surface area contributed by atoms with E-state index in [9.17, 15) is 13.5 Å². The van der Waals surface area contributed by atoms with Crippen LogP contribution in [0.15, 0.2) is 48.1 Å². The van der Waals surface area contributed by atoms with E-state index < -0.39 is 16.2 Å². The Morgan fingerprint density at radius 2 is 2.11 bits per heavy atom. The summed E-state index contributed by atoms with van der Waals surface area (Å²) in [6, 6.07) is 8.89. The van der Waals surface area contributed by atoms with Crippen molar-refractivity contribution in [3.63, 3.8) is 0 Å². The van der Waals surface area contributed by atoms with E-state index in [1.165, 1.54) is 6.08 Å². The number of nitrogens with zero attached hydrogens (tertiary/aromatic N) is 1. The van der Waals surface area contributed by atoms with Crippen LogP contribution in [0.5, 0.6) is 0 Å². The van der Waals surface area contributed by atoms with Crippen molar-refractivity contribution in [1.82, 2.24) is 0 Å². The minimum atomic E-state index is -3.66. The predicted molar refractivity (Wildman–Crippen MR) is 69.7 cm³/mol. The number of aliphatic hydroxyl groups is 1. The van der Waals surface area contributed by atoms with Gasteiger partial charge in [0.15, 0.2) is 0 Å². The van der Waals surface area contributed by atoms with Gasteiger partial charge in [-0.05, 0) is 5.56 Å². The lowest BCUT2D eigenvalue weighted by molar-refractivity contribution is 0.230. The fourth-order valence-corrected chi connectivity index (χ4v) is 1.46. The zero-order chi connectivity index (χ0) is 13.6. The molecule has 0 saturated heterocycles. The van der Waals surface area contributed by atoms with Gasteiger partial charge in [-0.2, -0.15) is 8.42 Å². The summed E-state index contributed by atoms with van der Waals surface area (Å²) in [5.74, 6) is 0. The Bertz CT molecular complexity index is 522. The van der Waals surface area contributed by atoms with Gasteiger partial charge in [-0.3, -0.25) is 4.28 Å². The van der Waals surface area contributed by atoms with Crippen molar-refractivity contribution in [2.45, 2.75) is 12.5 Å². The molecule has 5 nitrogen and oxygen atoms in total. The summed E-state index contributed by atoms with van der Waals surface area (Å²) in [5, 5.41) is 13.1. The molecule has 1 aromatic rings. The molecule has 1 atom stereocenters. The lowest BCUT2D eigenvalue weighted by Gasteiger charge is -2.08. The average molecular weight is 269 g/mol. The smallest absolute Gasteiger partial charge is 0.325 e. The molecular formula is C12H15NO4S. The van der Waals surface area contributed by atoms with Crippen molar-refractivity contribution in [3.8, 4) is 0 Å². The first-order chi connectivity index (χ1) is 8.42. The van der Waals surface area contributed by atoms with Crippen LogP contribution < -0.4 is 0 Å². The van der Waals surface area contributed by atoms with Crippen LogP contribution in [0.3, 0.4) is 0 Å². The lowest BCUT2D eigenvalue weighted by atomic mass is 10.0. The monoisotopic (exact) mass is 269 g/mol. The Morgan fingerprint density at radius 1 is 1.50 bits per heavy atom. The van der Waals surface area contributed by atoms with Gasteiger partial charge in [-0.25, -0.2) is 0 Å². The normalized spacial score (nSPS) is 14.0. The first kappa shape index (κ1) is 14.4. The highest BCUT2D eigenvalue weighted by atomic mass is 32.2. The molecule has 0 heterocycles. The standard InChI is InChI=1S/C12H15NO4S/c1-3-11(14)9-12(13-17-18(2,15)16)10-7-5-4-6-8-10/h3-8,11,14H,1,9H2,2H3. The number of aliphatic hydroxyl groups excluding tert-OH is 1. The molecule has 0 saturated carbocycles. The summed E-state index contributed by atoms with van der Waals surface area (Å²) < 4.78 is 26.2. The Morgan fingerprint density at radius 3 is 2.61 bits per heavy atom. The summed E-state index contributed by atoms with van der Waals surface area (Å²) in [6.07, 6.45) is 1.57. The van der Waals surface area contributed by atoms with Crippen LogP contribution in [0, 0.1) is 0 Å². The fraction of sp³-hybridized carbons (Fsp3) is 0.250. The quantitative estimate of drug-likeness (QED) is 0.480. The Hall–Kier alpha value is -1.66. The molecule has 0 aromatic heterocycles. The number of oxime groups is 1. The van der Waals surface area contributed by atoms with Gasteiger partial charge < -0.3 is 5.11 Å². The van der Waals surface area contributed by atoms with Gasteiger partial charge in [-0.1, -0.05) is 41.6 Å². The van der Waals surface area contributed by atoms with Gasteiger partial charge in [0.05, 0.1) is 18.1 Å². The highest BCUT2D eigenvalue weighted by molar-refractivity contribution is 7.85. The Labute approximate surface area is 107 Å². The molecule has 0 amide bonds. The van der Waals surface area contributed by atoms with Gasteiger partial charge >= 0.3 is 10.1 Å². The molecule has 1 aromatic carbocycles. The second-order valence-electron chi connectivity index (χ2n) is 3.69. The maximum Gasteiger partial charge on any atom is 0.325 e. The topological polar surface area (TPSA) is 76.0 Å². The molecule has 0 fully saturated rings. The van der Waals surface area contributed by atoms with E-state index in [0.717, 1.165) is 6.26 Å². The third kappa shape index (κ3) is 5.11. The molecule has 0 aliphatic heterocycles. The molecule has 0 radical (unpaired) electrons. The lowest BCUT2D eigenvalue weighted by Crippen LogP contribution is -2.13. The fourth-order valence-electron chi connectivity index (χ4n) is 1.23. The molecule has 18 heavy (non-hydrogen) atoms. The van der Waals surface area contributed by atoms with Gasteiger partial charge in [0, 0.05) is 6.42 Å². The molecule has 6 heteroatoms. The third-order valence-corrected chi connectivity index (χ3v) is 2.41. The minimum absolute atomic E-state index is 0.128. The van der Waals surface area contributed by atoms with Crippen LogP contribution in [0.2, 0.25) is 0 Å². The molecule has 1 unspecified atom stereocenters. The van der Waals surface area contributed by atoms with Crippen LogP contribution in [0.25, 0.3) is 0 Å². The van der Waals surface area contributed by atoms with Gasteiger partial charge in [0.2, 0.25) is 0 Å². The maximum absolute atomic E-state index is 10.9. The zero-order valence-corrected chi connectivity index (χ0v) is 10.8. The summed E-state index contributed by atoms with van der Waals surface area (Å²) in [4.78, 5) is 0. The molecule has 98 valence electrons. The van der Waals surface area contributed by atoms with Crippen molar-refractivity contribution >= 4 is 15.8 Å². The highest BCUT2D eigenvalue weighted by Gasteiger charge is 2.10. The summed E-state index contributed by atoms with van der Waals surface area (Å²) >= 11 is 0. The zero-order valence-electron chi connectivity index (χ0n) is 9.98. The molecule has 0 aliphatic rings. The van der Waals surface area contributed by atoms with Crippen LogP contribution in [-0.2, 0) is 14.4 Å². The average Bonchev–Trinajstić information content (AvgIpc) is 2.34. The van der Waals surface area contributed by atoms with Crippen molar-refractivity contribution in [2.75, 3.05) is 6.26 Å². The number of rotatable bonds is 6. The largest absolute Gasteiger partial charge is 0.389 e. The van der Waals surface area contributed by atoms with Crippen molar-refractivity contribution < 1.29 is 17.8 Å². The highest BCUT2D eigenvalue weighted by Crippen LogP contribution is 2.09. The van der Waals surface area contributed by atoms with Gasteiger partial charge in [0.1, 0.15) is 0 Å². The number of benzene rings is 1. The Kier molecular flexibility index (Phi) is 5.06. The van der Waals surface area contributed by atoms with E-state index >= 15 is 0 Å². The third-order valence-electron chi connectivity index (χ3n) is 2.06. The minimum Gasteiger partial charge on any atom is -0.389 e. The summed E-state index contributed by atoms with van der Waals surface area (Å²) in [6.45, 7) is 3.45. The van der Waals surface area contributed by atoms with E-state index in [-0.39, 0.29) is 6.42 Å². The summed E-state index contributed by atoms with van der Waals surface area (Å²) in [7, 11) is -3.66. The van der Waals surface area contributed by atoms with Crippen molar-refractivity contribution in [1.29, 1.82) is 0 Å². The number of hydrogen-bond acceptors (Lipinski definition) is 5. The SMILES string of the molecule is C=CC(O)CC(=NOS(C)(=O)=O)c1ccccc1. The van der Waals surface area contributed by atoms with Gasteiger partial charge in [0.25, 0.3) is 0 Å². The van der Waals surface area contributed by atoms with Gasteiger partial charge in [-0.15, -0.1) is 6.58 Å². The van der Waals surface area contributed by atoms with E-state index in [1.54, 1.807) is 24.3 Å². The molecule has 1 rings (SSSR count). The molecule has 0 aliphatic carbocycles. The molecule has 0 spiro atoms. The first-order valence-corrected chi connectivity index (χ1v) is 7.05. The van der Waals surface area contributed by atoms with Crippen molar-refractivity contribution in [3.05, 3.63) is 48.6 Å². The van der Waals surface area contributed by atoms with Crippen LogP contribution >= 0.6 is 0 Å². The molecular weight excluding hydrogens is 254 g/mol. The molecule has 0 bridgehead atoms. The van der Waals surface area contributed by atoms with E-state index in [0.29, 0.717) is 11.3 Å². The molecule has 1 N–H and O–H groups in total. The second-order valence-corrected chi connectivity index (χ2v) is 5.25. The predicted octanol–water partition coefficient (Wildman–Crippen LogP) is 1.30. The Balaban J connectivity index is 2.99. The summed E-state index contributed by atoms with van der Waals surface area (Å²) in [5.41, 5.74) is 1.02. The van der Waals surface area contributed by atoms with Crippen molar-refractivity contribution in [2.24, 2.45) is 5.16 Å². The van der Waals surface area contributed by atoms with Crippen LogP contribution in [-0.4, -0.2) is 31.6 Å². The van der Waals surface area contributed by atoms with Crippen LogP contribution in [0.1, 0.15) is 12.0 Å². The van der Waals surface area contributed by atoms with E-state index in [4.69, 9.17) is 0 Å². The maximum atomic E-state index is 10.9. The van der Waals surface area contributed by atoms with Crippen LogP contribution in [0.4, 0.5) is 0 Å². The second kappa shape index (κ2) is 6.32. The van der Waals surface area contributed by atoms with E-state index in [2.05, 4.69) is 16.0 Å². The number of hydrogen-bond donors (Lipinski definition) is 1. The van der Waals surface area contributed by atoms with E-state index in [1.807, 2.05) is 6.07 Å². The first-order valence-electron chi connectivity index (χ1n) is 5.24.